The number of urea groups is 1. The highest BCUT2D eigenvalue weighted by Crippen LogP contribution is 2.29. The van der Waals surface area contributed by atoms with Crippen LogP contribution in [-0.4, -0.2) is 52.7 Å². The first-order chi connectivity index (χ1) is 19.8. The van der Waals surface area contributed by atoms with Crippen LogP contribution in [0.2, 0.25) is 0 Å². The summed E-state index contributed by atoms with van der Waals surface area (Å²) in [5.41, 5.74) is 1.06. The van der Waals surface area contributed by atoms with Gasteiger partial charge in [0.15, 0.2) is 6.10 Å². The molecule has 0 saturated carbocycles. The van der Waals surface area contributed by atoms with Crippen molar-refractivity contribution in [3.8, 4) is 28.5 Å². The van der Waals surface area contributed by atoms with Crippen molar-refractivity contribution in [2.45, 2.75) is 39.2 Å². The minimum Gasteiger partial charge on any atom is -0.481 e. The van der Waals surface area contributed by atoms with Gasteiger partial charge in [0.1, 0.15) is 18.2 Å². The molecule has 0 aliphatic carbocycles. The van der Waals surface area contributed by atoms with E-state index >= 15 is 0 Å². The van der Waals surface area contributed by atoms with Gasteiger partial charge in [0, 0.05) is 17.0 Å². The van der Waals surface area contributed by atoms with Gasteiger partial charge in [0.25, 0.3) is 5.89 Å². The molecule has 2 aromatic carbocycles. The van der Waals surface area contributed by atoms with Crippen LogP contribution in [0.15, 0.2) is 51.5 Å². The standard InChI is InChI=1S/C27H29FN6O7/c1-5-21(39-18-9-6-16(7-10-18)22-31-24(15(2)3)40-33-22)25-32-23(34-41-25)17-8-11-20(19(28)14-17)30-26(35)29-12-13-38-27(36)37-4/h6-11,14-15,21H,5,12-13H2,1-4H3,(H2,29,30,35). The summed E-state index contributed by atoms with van der Waals surface area (Å²) < 4.78 is 40.4. The van der Waals surface area contributed by atoms with Gasteiger partial charge >= 0.3 is 12.2 Å². The molecule has 0 aliphatic heterocycles. The van der Waals surface area contributed by atoms with Crippen LogP contribution in [0.4, 0.5) is 19.7 Å². The topological polar surface area (TPSA) is 164 Å². The predicted molar refractivity (Wildman–Crippen MR) is 143 cm³/mol. The molecular formula is C27H29FN6O7. The number of halogens is 1. The number of carbonyl (C=O) groups is 2. The van der Waals surface area contributed by atoms with Gasteiger partial charge in [0.2, 0.25) is 17.5 Å². The summed E-state index contributed by atoms with van der Waals surface area (Å²) in [6.07, 6.45) is -0.883. The van der Waals surface area contributed by atoms with Crippen molar-refractivity contribution in [2.75, 3.05) is 25.6 Å². The molecule has 0 aliphatic rings. The van der Waals surface area contributed by atoms with Gasteiger partial charge in [0.05, 0.1) is 19.3 Å². The molecule has 13 nitrogen and oxygen atoms in total. The summed E-state index contributed by atoms with van der Waals surface area (Å²) in [6, 6.07) is 10.6. The second-order valence-corrected chi connectivity index (χ2v) is 8.98. The van der Waals surface area contributed by atoms with Crippen LogP contribution >= 0.6 is 0 Å². The van der Waals surface area contributed by atoms with E-state index in [-0.39, 0.29) is 36.5 Å². The zero-order valence-electron chi connectivity index (χ0n) is 22.8. The molecule has 0 radical (unpaired) electrons. The summed E-state index contributed by atoms with van der Waals surface area (Å²) in [7, 11) is 1.17. The molecule has 0 fully saturated rings. The molecule has 4 aromatic rings. The van der Waals surface area contributed by atoms with Crippen LogP contribution in [-0.2, 0) is 9.47 Å². The van der Waals surface area contributed by atoms with Gasteiger partial charge in [-0.1, -0.05) is 31.1 Å². The van der Waals surface area contributed by atoms with E-state index in [0.717, 1.165) is 5.56 Å². The summed E-state index contributed by atoms with van der Waals surface area (Å²) in [5.74, 6) is 1.44. The molecule has 0 spiro atoms. The average molecular weight is 569 g/mol. The Bertz CT molecular complexity index is 1470. The van der Waals surface area contributed by atoms with Crippen LogP contribution in [0, 0.1) is 5.82 Å². The van der Waals surface area contributed by atoms with Crippen molar-refractivity contribution in [3.63, 3.8) is 0 Å². The van der Waals surface area contributed by atoms with Crippen LogP contribution < -0.4 is 15.4 Å². The third-order valence-corrected chi connectivity index (χ3v) is 5.66. The number of hydrogen-bond donors (Lipinski definition) is 2. The Morgan fingerprint density at radius 1 is 0.976 bits per heavy atom. The zero-order valence-corrected chi connectivity index (χ0v) is 22.8. The maximum Gasteiger partial charge on any atom is 0.508 e. The monoisotopic (exact) mass is 568 g/mol. The SMILES string of the molecule is CCC(Oc1ccc(-c2noc(C(C)C)n2)cc1)c1nc(-c2ccc(NC(=O)NCCOC(=O)OC)c(F)c2)no1. The molecule has 2 amide bonds. The van der Waals surface area contributed by atoms with E-state index in [0.29, 0.717) is 29.4 Å². The van der Waals surface area contributed by atoms with Crippen molar-refractivity contribution in [1.82, 2.24) is 25.6 Å². The highest BCUT2D eigenvalue weighted by molar-refractivity contribution is 5.89. The van der Waals surface area contributed by atoms with Crippen molar-refractivity contribution >= 4 is 17.9 Å². The molecule has 41 heavy (non-hydrogen) atoms. The fraction of sp³-hybridized carbons (Fsp3) is 0.333. The van der Waals surface area contributed by atoms with E-state index in [2.05, 4.69) is 40.4 Å². The fourth-order valence-corrected chi connectivity index (χ4v) is 3.51. The lowest BCUT2D eigenvalue weighted by molar-refractivity contribution is 0.0739. The number of amides is 2. The maximum absolute atomic E-state index is 14.7. The van der Waals surface area contributed by atoms with Crippen molar-refractivity contribution < 1.29 is 37.2 Å². The lowest BCUT2D eigenvalue weighted by Gasteiger charge is -2.13. The summed E-state index contributed by atoms with van der Waals surface area (Å²) >= 11 is 0. The molecule has 4 rings (SSSR count). The van der Waals surface area contributed by atoms with Crippen molar-refractivity contribution in [2.24, 2.45) is 0 Å². The van der Waals surface area contributed by atoms with E-state index in [1.54, 1.807) is 12.1 Å². The molecule has 2 heterocycles. The molecule has 216 valence electrons. The number of hydrogen-bond acceptors (Lipinski definition) is 11. The highest BCUT2D eigenvalue weighted by Gasteiger charge is 2.21. The lowest BCUT2D eigenvalue weighted by Crippen LogP contribution is -2.32. The molecule has 2 N–H and O–H groups in total. The normalized spacial score (nSPS) is 11.7. The Morgan fingerprint density at radius 2 is 1.63 bits per heavy atom. The summed E-state index contributed by atoms with van der Waals surface area (Å²) in [5, 5.41) is 12.8. The number of aromatic nitrogens is 4. The van der Waals surface area contributed by atoms with E-state index in [1.165, 1.54) is 25.3 Å². The minimum absolute atomic E-state index is 0.00895. The first kappa shape index (κ1) is 29.0. The van der Waals surface area contributed by atoms with Crippen LogP contribution in [0.3, 0.4) is 0 Å². The Balaban J connectivity index is 1.36. The number of carbonyl (C=O) groups excluding carboxylic acids is 2. The number of anilines is 1. The largest absolute Gasteiger partial charge is 0.508 e. The zero-order chi connectivity index (χ0) is 29.4. The molecular weight excluding hydrogens is 539 g/mol. The lowest BCUT2D eigenvalue weighted by atomic mass is 10.2. The average Bonchev–Trinajstić information content (AvgIpc) is 3.66. The first-order valence-corrected chi connectivity index (χ1v) is 12.8. The molecule has 2 aromatic heterocycles. The van der Waals surface area contributed by atoms with Gasteiger partial charge < -0.3 is 33.9 Å². The molecule has 0 saturated heterocycles. The van der Waals surface area contributed by atoms with Gasteiger partial charge in [-0.25, -0.2) is 14.0 Å². The molecule has 1 unspecified atom stereocenters. The van der Waals surface area contributed by atoms with Crippen LogP contribution in [0.5, 0.6) is 5.75 Å². The summed E-state index contributed by atoms with van der Waals surface area (Å²) in [4.78, 5) is 31.7. The fourth-order valence-electron chi connectivity index (χ4n) is 3.51. The van der Waals surface area contributed by atoms with E-state index in [4.69, 9.17) is 13.8 Å². The number of nitrogens with one attached hydrogen (secondary N) is 2. The third kappa shape index (κ3) is 7.56. The second kappa shape index (κ2) is 13.4. The molecule has 14 heteroatoms. The smallest absolute Gasteiger partial charge is 0.481 e. The second-order valence-electron chi connectivity index (χ2n) is 8.98. The first-order valence-electron chi connectivity index (χ1n) is 12.8. The number of methoxy groups -OCH3 is 1. The third-order valence-electron chi connectivity index (χ3n) is 5.66. The predicted octanol–water partition coefficient (Wildman–Crippen LogP) is 5.48. The van der Waals surface area contributed by atoms with Gasteiger partial charge in [-0.15, -0.1) is 0 Å². The van der Waals surface area contributed by atoms with E-state index in [9.17, 15) is 14.0 Å². The van der Waals surface area contributed by atoms with Gasteiger partial charge in [-0.2, -0.15) is 9.97 Å². The summed E-state index contributed by atoms with van der Waals surface area (Å²) in [6.45, 7) is 5.76. The number of ether oxygens (including phenoxy) is 3. The number of rotatable bonds is 11. The van der Waals surface area contributed by atoms with Crippen LogP contribution in [0.25, 0.3) is 22.8 Å². The van der Waals surface area contributed by atoms with E-state index in [1.807, 2.05) is 32.9 Å². The maximum atomic E-state index is 14.7. The molecule has 0 bridgehead atoms. The van der Waals surface area contributed by atoms with Crippen molar-refractivity contribution in [1.29, 1.82) is 0 Å². The minimum atomic E-state index is -0.869. The number of benzene rings is 2. The Morgan fingerprint density at radius 3 is 2.27 bits per heavy atom. The van der Waals surface area contributed by atoms with Gasteiger partial charge in [-0.3, -0.25) is 0 Å². The van der Waals surface area contributed by atoms with Crippen molar-refractivity contribution in [3.05, 3.63) is 60.1 Å². The Hall–Kier alpha value is -5.01. The van der Waals surface area contributed by atoms with Gasteiger partial charge in [-0.05, 0) is 48.9 Å². The quantitative estimate of drug-likeness (QED) is 0.174. The highest BCUT2D eigenvalue weighted by atomic mass is 19.1. The van der Waals surface area contributed by atoms with Crippen LogP contribution in [0.1, 0.15) is 51.0 Å². The Kier molecular flexibility index (Phi) is 9.45. The number of nitrogens with zero attached hydrogens (tertiary/aromatic N) is 4. The Labute approximate surface area is 234 Å². The molecule has 1 atom stereocenters. The van der Waals surface area contributed by atoms with E-state index < -0.39 is 24.1 Å².